The number of hydrogen-bond acceptors (Lipinski definition) is 7. The van der Waals surface area contributed by atoms with Crippen LogP contribution in [0.5, 0.6) is 0 Å². The van der Waals surface area contributed by atoms with Gasteiger partial charge in [-0.15, -0.1) is 0 Å². The van der Waals surface area contributed by atoms with Crippen molar-refractivity contribution in [2.45, 2.75) is 63.1 Å². The van der Waals surface area contributed by atoms with E-state index < -0.39 is 11.1 Å². The lowest BCUT2D eigenvalue weighted by atomic mass is 9.89. The number of fused-ring (bicyclic) bond motifs is 2. The van der Waals surface area contributed by atoms with E-state index in [-0.39, 0.29) is 35.0 Å². The molecule has 8 heteroatoms. The lowest BCUT2D eigenvalue weighted by Gasteiger charge is -2.37. The minimum Gasteiger partial charge on any atom is -0.444 e. The Morgan fingerprint density at radius 2 is 1.74 bits per heavy atom. The number of ketones is 2. The average molecular weight is 378 g/mol. The Balaban J connectivity index is 1.47. The molecule has 0 aromatic carbocycles. The Labute approximate surface area is 159 Å². The molecule has 1 amide bonds. The molecule has 0 spiro atoms. The summed E-state index contributed by atoms with van der Waals surface area (Å²) in [5.74, 6) is 0.840. The number of likely N-dealkylation sites (tertiary alicyclic amines) is 1. The fraction of sp³-hybridized carbons (Fsp3) is 0.842. The molecule has 150 valence electrons. The fourth-order valence-corrected chi connectivity index (χ4v) is 5.21. The van der Waals surface area contributed by atoms with Crippen molar-refractivity contribution < 1.29 is 19.1 Å². The van der Waals surface area contributed by atoms with Gasteiger partial charge in [0.1, 0.15) is 17.2 Å². The zero-order valence-corrected chi connectivity index (χ0v) is 16.4. The predicted molar refractivity (Wildman–Crippen MR) is 97.9 cm³/mol. The van der Waals surface area contributed by atoms with Gasteiger partial charge in [0.15, 0.2) is 0 Å². The van der Waals surface area contributed by atoms with Crippen molar-refractivity contribution in [3.8, 4) is 0 Å². The summed E-state index contributed by atoms with van der Waals surface area (Å²) in [6.45, 7) is 8.08. The molecular weight excluding hydrogens is 348 g/mol. The monoisotopic (exact) mass is 378 g/mol. The van der Waals surface area contributed by atoms with Crippen molar-refractivity contribution in [2.75, 3.05) is 26.2 Å². The molecule has 0 aromatic rings. The molecule has 2 aliphatic heterocycles. The molecule has 3 N–H and O–H groups in total. The molecule has 0 radical (unpaired) electrons. The van der Waals surface area contributed by atoms with E-state index in [0.717, 1.165) is 13.1 Å². The standard InChI is InChI=1S/C19H30N4O4/c1-17(2,3)27-16(26)23-9-13-5-15(25)7-19(13,11-23)22-21-18-6-14(24)4-12(18)8-20-10-18/h12-13,20-22H,4-11H2,1-3H3/t12-,13+,18?,19+/m0/s1. The quantitative estimate of drug-likeness (QED) is 0.610. The third-order valence-corrected chi connectivity index (χ3v) is 6.49. The maximum absolute atomic E-state index is 12.5. The summed E-state index contributed by atoms with van der Waals surface area (Å²) in [6.07, 6.45) is 1.64. The van der Waals surface area contributed by atoms with Crippen LogP contribution in [0.15, 0.2) is 0 Å². The first kappa shape index (κ1) is 18.8. The van der Waals surface area contributed by atoms with E-state index in [4.69, 9.17) is 4.74 Å². The molecule has 0 aromatic heterocycles. The van der Waals surface area contributed by atoms with Gasteiger partial charge in [0.2, 0.25) is 0 Å². The molecule has 2 heterocycles. The molecule has 2 saturated heterocycles. The first-order valence-corrected chi connectivity index (χ1v) is 9.87. The van der Waals surface area contributed by atoms with Crippen molar-refractivity contribution in [1.82, 2.24) is 21.1 Å². The summed E-state index contributed by atoms with van der Waals surface area (Å²) in [5, 5.41) is 3.37. The van der Waals surface area contributed by atoms with Gasteiger partial charge in [-0.05, 0) is 26.7 Å². The number of amides is 1. The second-order valence-electron chi connectivity index (χ2n) is 9.79. The van der Waals surface area contributed by atoms with Crippen LogP contribution in [-0.4, -0.2) is 65.4 Å². The third-order valence-electron chi connectivity index (χ3n) is 6.49. The molecule has 4 aliphatic rings. The first-order chi connectivity index (χ1) is 12.6. The number of hydrogen-bond donors (Lipinski definition) is 3. The number of Topliss-reactive ketones (excluding diaryl/α,β-unsaturated/α-hetero) is 2. The predicted octanol–water partition coefficient (Wildman–Crippen LogP) is 0.370. The second kappa shape index (κ2) is 6.25. The normalized spacial score (nSPS) is 38.4. The van der Waals surface area contributed by atoms with E-state index in [1.807, 2.05) is 20.8 Å². The summed E-state index contributed by atoms with van der Waals surface area (Å²) in [5.41, 5.74) is 5.58. The molecule has 1 unspecified atom stereocenters. The van der Waals surface area contributed by atoms with Crippen molar-refractivity contribution >= 4 is 17.7 Å². The summed E-state index contributed by atoms with van der Waals surface area (Å²) in [7, 11) is 0. The fourth-order valence-electron chi connectivity index (χ4n) is 5.21. The van der Waals surface area contributed by atoms with E-state index >= 15 is 0 Å². The molecule has 0 bridgehead atoms. The Morgan fingerprint density at radius 1 is 1.11 bits per heavy atom. The van der Waals surface area contributed by atoms with Gasteiger partial charge >= 0.3 is 6.09 Å². The minimum absolute atomic E-state index is 0.0614. The number of rotatable bonds is 3. The van der Waals surface area contributed by atoms with E-state index in [9.17, 15) is 14.4 Å². The number of carbonyl (C=O) groups excluding carboxylic acids is 3. The summed E-state index contributed by atoms with van der Waals surface area (Å²) < 4.78 is 5.52. The van der Waals surface area contributed by atoms with Crippen molar-refractivity contribution in [1.29, 1.82) is 0 Å². The highest BCUT2D eigenvalue weighted by Gasteiger charge is 2.57. The molecule has 4 atom stereocenters. The zero-order valence-electron chi connectivity index (χ0n) is 16.4. The number of hydrazine groups is 1. The van der Waals surface area contributed by atoms with Crippen molar-refractivity contribution in [3.63, 3.8) is 0 Å². The first-order valence-electron chi connectivity index (χ1n) is 9.87. The van der Waals surface area contributed by atoms with Crippen LogP contribution in [0.3, 0.4) is 0 Å². The molecular formula is C19H30N4O4. The molecule has 2 saturated carbocycles. The number of nitrogens with zero attached hydrogens (tertiary/aromatic N) is 1. The van der Waals surface area contributed by atoms with Gasteiger partial charge in [0, 0.05) is 57.8 Å². The van der Waals surface area contributed by atoms with Crippen LogP contribution >= 0.6 is 0 Å². The lowest BCUT2D eigenvalue weighted by Crippen LogP contribution is -2.64. The summed E-state index contributed by atoms with van der Waals surface area (Å²) in [6, 6.07) is 0. The molecule has 8 nitrogen and oxygen atoms in total. The number of ether oxygens (including phenoxy) is 1. The zero-order chi connectivity index (χ0) is 19.4. The Kier molecular flexibility index (Phi) is 4.36. The van der Waals surface area contributed by atoms with Gasteiger partial charge < -0.3 is 15.0 Å². The third kappa shape index (κ3) is 3.39. The molecule has 2 aliphatic carbocycles. The molecule has 4 rings (SSSR count). The van der Waals surface area contributed by atoms with Gasteiger partial charge in [-0.25, -0.2) is 15.6 Å². The van der Waals surface area contributed by atoms with Crippen LogP contribution in [0.4, 0.5) is 4.79 Å². The van der Waals surface area contributed by atoms with Gasteiger partial charge in [-0.1, -0.05) is 0 Å². The van der Waals surface area contributed by atoms with Crippen LogP contribution in [0.2, 0.25) is 0 Å². The van der Waals surface area contributed by atoms with Crippen LogP contribution in [0.1, 0.15) is 46.5 Å². The van der Waals surface area contributed by atoms with E-state index in [1.54, 1.807) is 4.90 Å². The Morgan fingerprint density at radius 3 is 2.44 bits per heavy atom. The topological polar surface area (TPSA) is 99.8 Å². The van der Waals surface area contributed by atoms with E-state index in [1.165, 1.54) is 0 Å². The van der Waals surface area contributed by atoms with Crippen LogP contribution < -0.4 is 16.2 Å². The summed E-state index contributed by atoms with van der Waals surface area (Å²) in [4.78, 5) is 38.4. The Hall–Kier alpha value is -1.51. The number of carbonyl (C=O) groups is 3. The highest BCUT2D eigenvalue weighted by molar-refractivity contribution is 5.84. The maximum atomic E-state index is 12.5. The van der Waals surface area contributed by atoms with E-state index in [0.29, 0.717) is 38.8 Å². The maximum Gasteiger partial charge on any atom is 0.410 e. The van der Waals surface area contributed by atoms with E-state index in [2.05, 4.69) is 16.2 Å². The van der Waals surface area contributed by atoms with Gasteiger partial charge in [-0.2, -0.15) is 0 Å². The van der Waals surface area contributed by atoms with Crippen molar-refractivity contribution in [3.05, 3.63) is 0 Å². The largest absolute Gasteiger partial charge is 0.444 e. The average Bonchev–Trinajstić information content (AvgIpc) is 3.20. The highest BCUT2D eigenvalue weighted by Crippen LogP contribution is 2.41. The highest BCUT2D eigenvalue weighted by atomic mass is 16.6. The Bertz CT molecular complexity index is 675. The van der Waals surface area contributed by atoms with Gasteiger partial charge in [-0.3, -0.25) is 9.59 Å². The van der Waals surface area contributed by atoms with Crippen LogP contribution in [-0.2, 0) is 14.3 Å². The number of nitrogens with one attached hydrogen (secondary N) is 3. The molecule has 4 fully saturated rings. The summed E-state index contributed by atoms with van der Waals surface area (Å²) >= 11 is 0. The smallest absolute Gasteiger partial charge is 0.410 e. The SMILES string of the molecule is CC(C)(C)OC(=O)N1C[C@H]2CC(=O)C[C@@]2(NNC23CNC[C@@H]2CC(=O)C3)C1. The van der Waals surface area contributed by atoms with Crippen LogP contribution in [0.25, 0.3) is 0 Å². The van der Waals surface area contributed by atoms with Gasteiger partial charge in [0.25, 0.3) is 0 Å². The van der Waals surface area contributed by atoms with Gasteiger partial charge in [0.05, 0.1) is 11.1 Å². The van der Waals surface area contributed by atoms with Crippen molar-refractivity contribution in [2.24, 2.45) is 11.8 Å². The molecule has 27 heavy (non-hydrogen) atoms. The minimum atomic E-state index is -0.546. The van der Waals surface area contributed by atoms with Crippen LogP contribution in [0, 0.1) is 11.8 Å². The lowest BCUT2D eigenvalue weighted by molar-refractivity contribution is -0.119. The second-order valence-corrected chi connectivity index (χ2v) is 9.79.